The zero-order chi connectivity index (χ0) is 13.4. The number of carbonyl (C=O) groups excluding carboxylic acids is 1. The number of carboxylic acids is 1. The molecule has 0 spiro atoms. The average molecular weight is 251 g/mol. The zero-order valence-electron chi connectivity index (χ0n) is 10.3. The number of hydrogen-bond acceptors (Lipinski definition) is 3. The topological polar surface area (TPSA) is 75.6 Å². The molecule has 0 saturated carbocycles. The van der Waals surface area contributed by atoms with Gasteiger partial charge in [0.05, 0.1) is 0 Å². The second-order valence-electron chi connectivity index (χ2n) is 3.80. The Hall–Kier alpha value is -1.88. The lowest BCUT2D eigenvalue weighted by molar-refractivity contribution is -0.142. The van der Waals surface area contributed by atoms with E-state index in [9.17, 15) is 9.59 Å². The van der Waals surface area contributed by atoms with Crippen LogP contribution in [0.1, 0.15) is 24.9 Å². The van der Waals surface area contributed by atoms with E-state index in [4.69, 9.17) is 9.84 Å². The van der Waals surface area contributed by atoms with E-state index in [-0.39, 0.29) is 6.61 Å². The minimum absolute atomic E-state index is 0.121. The summed E-state index contributed by atoms with van der Waals surface area (Å²) in [5.74, 6) is -1.52. The van der Waals surface area contributed by atoms with E-state index >= 15 is 0 Å². The third-order valence-electron chi connectivity index (χ3n) is 2.27. The van der Waals surface area contributed by atoms with Crippen LogP contribution in [0.2, 0.25) is 0 Å². The molecule has 0 radical (unpaired) electrons. The number of aliphatic carboxylic acids is 1. The highest BCUT2D eigenvalue weighted by Gasteiger charge is 2.21. The van der Waals surface area contributed by atoms with Gasteiger partial charge in [-0.2, -0.15) is 0 Å². The van der Waals surface area contributed by atoms with Crippen LogP contribution in [-0.2, 0) is 14.3 Å². The molecular formula is C13H17NO4. The molecule has 5 heteroatoms. The Morgan fingerprint density at radius 2 is 2.00 bits per heavy atom. The van der Waals surface area contributed by atoms with Gasteiger partial charge in [-0.05, 0) is 12.0 Å². The lowest BCUT2D eigenvalue weighted by atomic mass is 10.1. The van der Waals surface area contributed by atoms with Gasteiger partial charge >= 0.3 is 5.97 Å². The van der Waals surface area contributed by atoms with Gasteiger partial charge in [-0.15, -0.1) is 0 Å². The molecule has 1 aromatic rings. The van der Waals surface area contributed by atoms with Crippen molar-refractivity contribution in [3.63, 3.8) is 0 Å². The van der Waals surface area contributed by atoms with Crippen LogP contribution >= 0.6 is 0 Å². The van der Waals surface area contributed by atoms with E-state index in [1.165, 1.54) is 0 Å². The van der Waals surface area contributed by atoms with Gasteiger partial charge in [0.15, 0.2) is 6.04 Å². The fraction of sp³-hybridized carbons (Fsp3) is 0.385. The van der Waals surface area contributed by atoms with Crippen molar-refractivity contribution >= 4 is 11.9 Å². The van der Waals surface area contributed by atoms with Crippen LogP contribution in [0.3, 0.4) is 0 Å². The van der Waals surface area contributed by atoms with Crippen molar-refractivity contribution in [1.29, 1.82) is 0 Å². The number of nitrogens with one attached hydrogen (secondary N) is 1. The summed E-state index contributed by atoms with van der Waals surface area (Å²) in [7, 11) is 0. The summed E-state index contributed by atoms with van der Waals surface area (Å²) in [6.45, 7) is 2.29. The summed E-state index contributed by atoms with van der Waals surface area (Å²) in [5, 5.41) is 11.5. The maximum Gasteiger partial charge on any atom is 0.330 e. The van der Waals surface area contributed by atoms with Gasteiger partial charge in [0.1, 0.15) is 6.61 Å². The Balaban J connectivity index is 2.59. The number of carboxylic acid groups (broad SMARTS) is 1. The van der Waals surface area contributed by atoms with Crippen LogP contribution in [0.25, 0.3) is 0 Å². The molecule has 0 aromatic heterocycles. The van der Waals surface area contributed by atoms with Crippen molar-refractivity contribution < 1.29 is 19.4 Å². The molecule has 0 fully saturated rings. The molecule has 98 valence electrons. The fourth-order valence-corrected chi connectivity index (χ4v) is 1.44. The van der Waals surface area contributed by atoms with Crippen molar-refractivity contribution in [2.45, 2.75) is 19.4 Å². The molecule has 18 heavy (non-hydrogen) atoms. The summed E-state index contributed by atoms with van der Waals surface area (Å²) in [6, 6.07) is 7.52. The quantitative estimate of drug-likeness (QED) is 0.717. The van der Waals surface area contributed by atoms with Crippen molar-refractivity contribution in [2.75, 3.05) is 13.2 Å². The van der Waals surface area contributed by atoms with Crippen LogP contribution in [0.15, 0.2) is 30.3 Å². The van der Waals surface area contributed by atoms with Crippen molar-refractivity contribution in [3.8, 4) is 0 Å². The zero-order valence-corrected chi connectivity index (χ0v) is 10.3. The third kappa shape index (κ3) is 4.55. The van der Waals surface area contributed by atoms with E-state index in [0.29, 0.717) is 12.2 Å². The van der Waals surface area contributed by atoms with Crippen LogP contribution in [0, 0.1) is 0 Å². The standard InChI is InChI=1S/C13H17NO4/c1-2-8-18-9-11(15)14-12(13(16)17)10-6-4-3-5-7-10/h3-7,12H,2,8-9H2,1H3,(H,14,15)(H,16,17)/t12-/m0/s1. The van der Waals surface area contributed by atoms with Gasteiger partial charge in [0.2, 0.25) is 5.91 Å². The molecule has 1 aromatic carbocycles. The molecular weight excluding hydrogens is 234 g/mol. The molecule has 0 heterocycles. The largest absolute Gasteiger partial charge is 0.479 e. The maximum absolute atomic E-state index is 11.5. The van der Waals surface area contributed by atoms with E-state index in [1.54, 1.807) is 30.3 Å². The van der Waals surface area contributed by atoms with Crippen molar-refractivity contribution in [2.24, 2.45) is 0 Å². The normalized spacial score (nSPS) is 11.8. The second kappa shape index (κ2) is 7.45. The highest BCUT2D eigenvalue weighted by atomic mass is 16.5. The number of hydrogen-bond donors (Lipinski definition) is 2. The minimum Gasteiger partial charge on any atom is -0.479 e. The highest BCUT2D eigenvalue weighted by molar-refractivity contribution is 5.85. The van der Waals surface area contributed by atoms with E-state index < -0.39 is 17.9 Å². The SMILES string of the molecule is CCCOCC(=O)N[C@H](C(=O)O)c1ccccc1. The first kappa shape index (κ1) is 14.2. The van der Waals surface area contributed by atoms with E-state index in [1.807, 2.05) is 6.92 Å². The van der Waals surface area contributed by atoms with Crippen molar-refractivity contribution in [3.05, 3.63) is 35.9 Å². The van der Waals surface area contributed by atoms with Gasteiger partial charge < -0.3 is 15.2 Å². The average Bonchev–Trinajstić information content (AvgIpc) is 2.37. The molecule has 0 aliphatic heterocycles. The minimum atomic E-state index is -1.09. The first-order chi connectivity index (χ1) is 8.65. The lowest BCUT2D eigenvalue weighted by Gasteiger charge is -2.14. The Labute approximate surface area is 106 Å². The predicted molar refractivity (Wildman–Crippen MR) is 66.1 cm³/mol. The van der Waals surface area contributed by atoms with Gasteiger partial charge in [-0.1, -0.05) is 37.3 Å². The summed E-state index contributed by atoms with van der Waals surface area (Å²) < 4.78 is 5.06. The maximum atomic E-state index is 11.5. The van der Waals surface area contributed by atoms with Crippen LogP contribution in [-0.4, -0.2) is 30.2 Å². The monoisotopic (exact) mass is 251 g/mol. The van der Waals surface area contributed by atoms with Crippen molar-refractivity contribution in [1.82, 2.24) is 5.32 Å². The molecule has 0 saturated heterocycles. The molecule has 0 aliphatic carbocycles. The van der Waals surface area contributed by atoms with E-state index in [2.05, 4.69) is 5.32 Å². The molecule has 1 rings (SSSR count). The van der Waals surface area contributed by atoms with Gasteiger partial charge in [0.25, 0.3) is 0 Å². The Kier molecular flexibility index (Phi) is 5.87. The second-order valence-corrected chi connectivity index (χ2v) is 3.80. The molecule has 0 bridgehead atoms. The highest BCUT2D eigenvalue weighted by Crippen LogP contribution is 2.12. The first-order valence-electron chi connectivity index (χ1n) is 5.80. The van der Waals surface area contributed by atoms with Crippen LogP contribution in [0.4, 0.5) is 0 Å². The molecule has 2 N–H and O–H groups in total. The number of ether oxygens (including phenoxy) is 1. The molecule has 0 unspecified atom stereocenters. The fourth-order valence-electron chi connectivity index (χ4n) is 1.44. The Bertz CT molecular complexity index is 391. The summed E-state index contributed by atoms with van der Waals surface area (Å²) in [6.07, 6.45) is 0.814. The Morgan fingerprint density at radius 1 is 1.33 bits per heavy atom. The summed E-state index contributed by atoms with van der Waals surface area (Å²) in [5.41, 5.74) is 0.536. The lowest BCUT2D eigenvalue weighted by Crippen LogP contribution is -2.36. The smallest absolute Gasteiger partial charge is 0.330 e. The predicted octanol–water partition coefficient (Wildman–Crippen LogP) is 1.36. The third-order valence-corrected chi connectivity index (χ3v) is 2.27. The van der Waals surface area contributed by atoms with Crippen LogP contribution in [0.5, 0.6) is 0 Å². The van der Waals surface area contributed by atoms with Gasteiger partial charge in [0, 0.05) is 6.61 Å². The molecule has 1 amide bonds. The molecule has 1 atom stereocenters. The van der Waals surface area contributed by atoms with E-state index in [0.717, 1.165) is 6.42 Å². The number of benzene rings is 1. The number of rotatable bonds is 7. The summed E-state index contributed by atoms with van der Waals surface area (Å²) >= 11 is 0. The van der Waals surface area contributed by atoms with Crippen LogP contribution < -0.4 is 5.32 Å². The Morgan fingerprint density at radius 3 is 2.56 bits per heavy atom. The number of carbonyl (C=O) groups is 2. The van der Waals surface area contributed by atoms with Gasteiger partial charge in [-0.3, -0.25) is 4.79 Å². The first-order valence-corrected chi connectivity index (χ1v) is 5.80. The number of amides is 1. The summed E-state index contributed by atoms with van der Waals surface area (Å²) in [4.78, 5) is 22.6. The molecule has 0 aliphatic rings. The molecule has 5 nitrogen and oxygen atoms in total. The van der Waals surface area contributed by atoms with Gasteiger partial charge in [-0.25, -0.2) is 4.79 Å².